The van der Waals surface area contributed by atoms with Crippen LogP contribution in [0.2, 0.25) is 0 Å². The number of nitrogens with zero attached hydrogens (tertiary/aromatic N) is 1. The van der Waals surface area contributed by atoms with Crippen LogP contribution in [-0.4, -0.2) is 41.9 Å². The lowest BCUT2D eigenvalue weighted by atomic mass is 9.95. The Morgan fingerprint density at radius 1 is 1.47 bits per heavy atom. The largest absolute Gasteiger partial charge is 0.455 e. The standard InChI is InChI=1S/C13H16N2O4/c1-13(2,3)19-12(18)11-10-8(5-14-11)15-7(6-16)4-9(10)17/h6-7,15H,4-5H2,1-3H3. The predicted octanol–water partition coefficient (Wildman–Crippen LogP) is 0.167. The minimum atomic E-state index is -0.639. The van der Waals surface area contributed by atoms with Crippen molar-refractivity contribution in [2.75, 3.05) is 6.54 Å². The first-order valence-corrected chi connectivity index (χ1v) is 6.08. The molecule has 6 nitrogen and oxygen atoms in total. The summed E-state index contributed by atoms with van der Waals surface area (Å²) >= 11 is 0. The molecule has 2 heterocycles. The first kappa shape index (κ1) is 13.5. The summed E-state index contributed by atoms with van der Waals surface area (Å²) in [6.45, 7) is 5.46. The maximum atomic E-state index is 12.0. The number of ketones is 1. The van der Waals surface area contributed by atoms with E-state index >= 15 is 0 Å². The van der Waals surface area contributed by atoms with Crippen LogP contribution in [-0.2, 0) is 19.1 Å². The molecule has 0 bridgehead atoms. The van der Waals surface area contributed by atoms with Crippen LogP contribution in [0.3, 0.4) is 0 Å². The summed E-state index contributed by atoms with van der Waals surface area (Å²) in [5.74, 6) is -0.842. The van der Waals surface area contributed by atoms with Gasteiger partial charge >= 0.3 is 5.97 Å². The SMILES string of the molecule is CC(C)(C)OC(=O)C1=NCC2=C1C(=O)CC(C=O)N2. The van der Waals surface area contributed by atoms with E-state index in [1.807, 2.05) is 0 Å². The number of ether oxygens (including phenoxy) is 1. The first-order chi connectivity index (χ1) is 8.81. The number of esters is 1. The number of aldehydes is 1. The van der Waals surface area contributed by atoms with Crippen LogP contribution in [0.25, 0.3) is 0 Å². The monoisotopic (exact) mass is 264 g/mol. The summed E-state index contributed by atoms with van der Waals surface area (Å²) in [7, 11) is 0. The van der Waals surface area contributed by atoms with Gasteiger partial charge < -0.3 is 14.8 Å². The van der Waals surface area contributed by atoms with Crippen molar-refractivity contribution in [3.8, 4) is 0 Å². The summed E-state index contributed by atoms with van der Waals surface area (Å²) in [4.78, 5) is 38.7. The molecule has 0 radical (unpaired) electrons. The van der Waals surface area contributed by atoms with Gasteiger partial charge in [0.05, 0.1) is 18.2 Å². The molecule has 6 heteroatoms. The van der Waals surface area contributed by atoms with Gasteiger partial charge in [-0.1, -0.05) is 0 Å². The Morgan fingerprint density at radius 2 is 2.16 bits per heavy atom. The molecule has 0 aromatic heterocycles. The Hall–Kier alpha value is -1.98. The molecule has 19 heavy (non-hydrogen) atoms. The van der Waals surface area contributed by atoms with Crippen molar-refractivity contribution in [2.45, 2.75) is 38.8 Å². The smallest absolute Gasteiger partial charge is 0.357 e. The zero-order valence-electron chi connectivity index (χ0n) is 11.1. The zero-order valence-corrected chi connectivity index (χ0v) is 11.1. The minimum absolute atomic E-state index is 0.0458. The second-order valence-corrected chi connectivity index (χ2v) is 5.53. The van der Waals surface area contributed by atoms with Crippen LogP contribution in [0, 0.1) is 0 Å². The van der Waals surface area contributed by atoms with Gasteiger partial charge in [-0.15, -0.1) is 0 Å². The molecular weight excluding hydrogens is 248 g/mol. The van der Waals surface area contributed by atoms with E-state index in [1.165, 1.54) is 0 Å². The Morgan fingerprint density at radius 3 is 2.74 bits per heavy atom. The van der Waals surface area contributed by atoms with Crippen LogP contribution < -0.4 is 5.32 Å². The number of carbonyl (C=O) groups is 3. The number of hydrogen-bond acceptors (Lipinski definition) is 6. The van der Waals surface area contributed by atoms with Gasteiger partial charge in [-0.2, -0.15) is 0 Å². The summed E-state index contributed by atoms with van der Waals surface area (Å²) in [5.41, 5.74) is 0.229. The lowest BCUT2D eigenvalue weighted by molar-refractivity contribution is -0.146. The van der Waals surface area contributed by atoms with Gasteiger partial charge in [0.15, 0.2) is 11.5 Å². The normalized spacial score (nSPS) is 22.6. The highest BCUT2D eigenvalue weighted by molar-refractivity contribution is 6.51. The van der Waals surface area contributed by atoms with Gasteiger partial charge in [-0.05, 0) is 20.8 Å². The van der Waals surface area contributed by atoms with Crippen molar-refractivity contribution in [3.63, 3.8) is 0 Å². The molecule has 0 saturated carbocycles. The molecule has 1 unspecified atom stereocenters. The van der Waals surface area contributed by atoms with E-state index in [-0.39, 0.29) is 30.0 Å². The van der Waals surface area contributed by atoms with Crippen molar-refractivity contribution >= 4 is 23.8 Å². The fraction of sp³-hybridized carbons (Fsp3) is 0.538. The molecular formula is C13H16N2O4. The molecule has 1 N–H and O–H groups in total. The van der Waals surface area contributed by atoms with Gasteiger partial charge in [0.1, 0.15) is 11.9 Å². The third-order valence-corrected chi connectivity index (χ3v) is 2.73. The molecule has 2 aliphatic rings. The van der Waals surface area contributed by atoms with Crippen LogP contribution in [0.15, 0.2) is 16.3 Å². The van der Waals surface area contributed by atoms with Crippen LogP contribution >= 0.6 is 0 Å². The summed E-state index contributed by atoms with van der Waals surface area (Å²) in [5, 5.41) is 2.91. The maximum absolute atomic E-state index is 12.0. The van der Waals surface area contributed by atoms with E-state index < -0.39 is 17.6 Å². The molecule has 0 fully saturated rings. The molecule has 0 amide bonds. The molecule has 102 valence electrons. The van der Waals surface area contributed by atoms with Gasteiger partial charge in [-0.3, -0.25) is 9.79 Å². The number of carbonyl (C=O) groups excluding carboxylic acids is 3. The second kappa shape index (κ2) is 4.60. The lowest BCUT2D eigenvalue weighted by Crippen LogP contribution is -2.40. The third-order valence-electron chi connectivity index (χ3n) is 2.73. The molecule has 0 saturated heterocycles. The molecule has 0 aromatic carbocycles. The quantitative estimate of drug-likeness (QED) is 0.567. The minimum Gasteiger partial charge on any atom is -0.455 e. The topological polar surface area (TPSA) is 84.8 Å². The van der Waals surface area contributed by atoms with Gasteiger partial charge in [-0.25, -0.2) is 4.79 Å². The summed E-state index contributed by atoms with van der Waals surface area (Å²) in [6, 6.07) is -0.528. The van der Waals surface area contributed by atoms with Crippen molar-refractivity contribution < 1.29 is 19.1 Å². The number of Topliss-reactive ketones (excluding diaryl/α,β-unsaturated/α-hetero) is 1. The Kier molecular flexibility index (Phi) is 3.26. The summed E-state index contributed by atoms with van der Waals surface area (Å²) < 4.78 is 5.22. The Balaban J connectivity index is 2.22. The Labute approximate surface area is 110 Å². The number of hydrogen-bond donors (Lipinski definition) is 1. The van der Waals surface area contributed by atoms with E-state index in [4.69, 9.17) is 4.74 Å². The summed E-state index contributed by atoms with van der Waals surface area (Å²) in [6.07, 6.45) is 0.733. The van der Waals surface area contributed by atoms with Crippen molar-refractivity contribution in [3.05, 3.63) is 11.3 Å². The van der Waals surface area contributed by atoms with Gasteiger partial charge in [0.25, 0.3) is 0 Å². The van der Waals surface area contributed by atoms with E-state index in [0.29, 0.717) is 12.0 Å². The fourth-order valence-corrected chi connectivity index (χ4v) is 2.03. The third kappa shape index (κ3) is 2.72. The second-order valence-electron chi connectivity index (χ2n) is 5.53. The van der Waals surface area contributed by atoms with E-state index in [9.17, 15) is 14.4 Å². The van der Waals surface area contributed by atoms with E-state index in [1.54, 1.807) is 20.8 Å². The van der Waals surface area contributed by atoms with Gasteiger partial charge in [0.2, 0.25) is 0 Å². The Bertz CT molecular complexity index is 511. The van der Waals surface area contributed by atoms with Crippen LogP contribution in [0.5, 0.6) is 0 Å². The average molecular weight is 264 g/mol. The van der Waals surface area contributed by atoms with Crippen molar-refractivity contribution in [1.29, 1.82) is 0 Å². The van der Waals surface area contributed by atoms with Crippen LogP contribution in [0.4, 0.5) is 0 Å². The number of nitrogens with one attached hydrogen (secondary N) is 1. The van der Waals surface area contributed by atoms with Crippen molar-refractivity contribution in [2.24, 2.45) is 4.99 Å². The average Bonchev–Trinajstić information content (AvgIpc) is 2.70. The molecule has 0 aliphatic carbocycles. The number of rotatable bonds is 2. The molecule has 1 atom stereocenters. The fourth-order valence-electron chi connectivity index (χ4n) is 2.03. The lowest BCUT2D eigenvalue weighted by Gasteiger charge is -2.23. The highest BCUT2D eigenvalue weighted by atomic mass is 16.6. The van der Waals surface area contributed by atoms with E-state index in [2.05, 4.69) is 10.3 Å². The highest BCUT2D eigenvalue weighted by Gasteiger charge is 2.37. The highest BCUT2D eigenvalue weighted by Crippen LogP contribution is 2.23. The molecule has 0 aromatic rings. The zero-order chi connectivity index (χ0) is 14.2. The van der Waals surface area contributed by atoms with Gasteiger partial charge in [0, 0.05) is 12.1 Å². The predicted molar refractivity (Wildman–Crippen MR) is 67.8 cm³/mol. The molecule has 0 spiro atoms. The maximum Gasteiger partial charge on any atom is 0.357 e. The molecule has 2 rings (SSSR count). The van der Waals surface area contributed by atoms with Crippen molar-refractivity contribution in [1.82, 2.24) is 5.32 Å². The number of aliphatic imine (C=N–C) groups is 1. The van der Waals surface area contributed by atoms with Crippen LogP contribution in [0.1, 0.15) is 27.2 Å². The van der Waals surface area contributed by atoms with E-state index in [0.717, 1.165) is 0 Å². The first-order valence-electron chi connectivity index (χ1n) is 6.08. The molecule has 2 aliphatic heterocycles.